The number of rotatable bonds is 6. The first-order chi connectivity index (χ1) is 15.3. The van der Waals surface area contributed by atoms with E-state index in [9.17, 15) is 14.0 Å². The number of fused-ring (bicyclic) bond motifs is 1. The largest absolute Gasteiger partial charge is 0.353 e. The fourth-order valence-electron chi connectivity index (χ4n) is 3.56. The lowest BCUT2D eigenvalue weighted by Gasteiger charge is -2.11. The van der Waals surface area contributed by atoms with Crippen LogP contribution in [0.3, 0.4) is 0 Å². The van der Waals surface area contributed by atoms with Crippen molar-refractivity contribution in [1.82, 2.24) is 24.5 Å². The highest BCUT2D eigenvalue weighted by Crippen LogP contribution is 2.23. The molecule has 0 bridgehead atoms. The van der Waals surface area contributed by atoms with E-state index in [0.29, 0.717) is 33.3 Å². The van der Waals surface area contributed by atoms with Crippen LogP contribution in [0, 0.1) is 19.7 Å². The maximum Gasteiger partial charge on any atom is 0.268 e. The minimum Gasteiger partial charge on any atom is -0.353 e. The van der Waals surface area contributed by atoms with Crippen LogP contribution in [0.1, 0.15) is 37.4 Å². The average Bonchev–Trinajstić information content (AvgIpc) is 3.32. The summed E-state index contributed by atoms with van der Waals surface area (Å²) in [7, 11) is 0. The Morgan fingerprint density at radius 3 is 2.66 bits per heavy atom. The summed E-state index contributed by atoms with van der Waals surface area (Å²) in [6, 6.07) is 7.87. The number of amides is 1. The molecular weight excluding hydrogens is 429 g/mol. The summed E-state index contributed by atoms with van der Waals surface area (Å²) >= 11 is 1.33. The minimum absolute atomic E-state index is 0.0680. The molecule has 1 aromatic carbocycles. The van der Waals surface area contributed by atoms with Gasteiger partial charge in [-0.05, 0) is 57.5 Å². The van der Waals surface area contributed by atoms with Crippen molar-refractivity contribution in [3.8, 4) is 16.9 Å². The lowest BCUT2D eigenvalue weighted by molar-refractivity contribution is -0.121. The highest BCUT2D eigenvalue weighted by Gasteiger charge is 2.20. The van der Waals surface area contributed by atoms with Gasteiger partial charge in [0.2, 0.25) is 5.91 Å². The van der Waals surface area contributed by atoms with Crippen LogP contribution in [0.15, 0.2) is 40.5 Å². The quantitative estimate of drug-likeness (QED) is 0.481. The number of thiazole rings is 1. The van der Waals surface area contributed by atoms with Gasteiger partial charge in [-0.15, -0.1) is 11.3 Å². The monoisotopic (exact) mass is 453 g/mol. The van der Waals surface area contributed by atoms with E-state index in [1.54, 1.807) is 29.1 Å². The molecule has 0 aliphatic heterocycles. The van der Waals surface area contributed by atoms with Crippen molar-refractivity contribution in [2.75, 3.05) is 0 Å². The fraction of sp³-hybridized carbons (Fsp3) is 0.304. The molecule has 0 unspecified atom stereocenters. The number of hydrogen-bond donors (Lipinski definition) is 1. The molecule has 3 heterocycles. The Morgan fingerprint density at radius 2 is 1.97 bits per heavy atom. The molecule has 0 spiro atoms. The van der Waals surface area contributed by atoms with Gasteiger partial charge in [-0.2, -0.15) is 5.10 Å². The normalized spacial score (nSPS) is 12.3. The Kier molecular flexibility index (Phi) is 5.92. The van der Waals surface area contributed by atoms with Crippen LogP contribution in [-0.2, 0) is 11.2 Å². The van der Waals surface area contributed by atoms with E-state index in [4.69, 9.17) is 0 Å². The van der Waals surface area contributed by atoms with Crippen LogP contribution in [-0.4, -0.2) is 31.1 Å². The zero-order chi connectivity index (χ0) is 23.0. The topological polar surface area (TPSA) is 81.3 Å². The first-order valence-electron chi connectivity index (χ1n) is 10.4. The van der Waals surface area contributed by atoms with Crippen LogP contribution < -0.4 is 10.9 Å². The highest BCUT2D eigenvalue weighted by atomic mass is 32.1. The number of nitrogens with one attached hydrogen (secondary N) is 1. The fourth-order valence-corrected chi connectivity index (χ4v) is 4.48. The third-order valence-corrected chi connectivity index (χ3v) is 6.27. The third kappa shape index (κ3) is 4.08. The zero-order valence-corrected chi connectivity index (χ0v) is 19.2. The summed E-state index contributed by atoms with van der Waals surface area (Å²) < 4.78 is 16.5. The highest BCUT2D eigenvalue weighted by molar-refractivity contribution is 7.15. The number of halogens is 1. The van der Waals surface area contributed by atoms with Crippen LogP contribution in [0.2, 0.25) is 0 Å². The maximum atomic E-state index is 13.5. The van der Waals surface area contributed by atoms with Crippen molar-refractivity contribution in [2.45, 2.75) is 46.6 Å². The molecule has 32 heavy (non-hydrogen) atoms. The second-order valence-corrected chi connectivity index (χ2v) is 8.67. The molecule has 1 N–H and O–H groups in total. The lowest BCUT2D eigenvalue weighted by Crippen LogP contribution is -2.34. The van der Waals surface area contributed by atoms with Crippen molar-refractivity contribution in [1.29, 1.82) is 0 Å². The smallest absolute Gasteiger partial charge is 0.268 e. The number of carbonyl (C=O) groups excluding carboxylic acids is 1. The lowest BCUT2D eigenvalue weighted by atomic mass is 10.1. The van der Waals surface area contributed by atoms with Gasteiger partial charge in [0.25, 0.3) is 5.56 Å². The summed E-state index contributed by atoms with van der Waals surface area (Å²) in [6.45, 7) is 7.59. The van der Waals surface area contributed by atoms with Crippen molar-refractivity contribution in [3.05, 3.63) is 69.0 Å². The summed E-state index contributed by atoms with van der Waals surface area (Å²) in [5.74, 6) is -0.464. The third-order valence-electron chi connectivity index (χ3n) is 5.40. The predicted molar refractivity (Wildman–Crippen MR) is 123 cm³/mol. The molecule has 0 saturated heterocycles. The Labute approximate surface area is 188 Å². The Morgan fingerprint density at radius 1 is 1.25 bits per heavy atom. The van der Waals surface area contributed by atoms with Gasteiger partial charge in [-0.1, -0.05) is 6.92 Å². The van der Waals surface area contributed by atoms with Gasteiger partial charge in [0.1, 0.15) is 11.5 Å². The number of hydrogen-bond acceptors (Lipinski definition) is 5. The molecule has 0 aliphatic rings. The van der Waals surface area contributed by atoms with Gasteiger partial charge in [-0.25, -0.2) is 14.1 Å². The second-order valence-electron chi connectivity index (χ2n) is 7.84. The molecule has 0 radical (unpaired) electrons. The Balaban J connectivity index is 1.77. The second kappa shape index (κ2) is 8.66. The average molecular weight is 454 g/mol. The molecule has 1 amide bonds. The summed E-state index contributed by atoms with van der Waals surface area (Å²) in [5.41, 5.74) is 3.26. The number of nitrogens with zero attached hydrogens (tertiary/aromatic N) is 4. The van der Waals surface area contributed by atoms with E-state index in [1.165, 1.54) is 27.9 Å². The summed E-state index contributed by atoms with van der Waals surface area (Å²) in [4.78, 5) is 31.0. The van der Waals surface area contributed by atoms with Gasteiger partial charge in [0, 0.05) is 22.8 Å². The maximum absolute atomic E-state index is 13.5. The molecule has 166 valence electrons. The van der Waals surface area contributed by atoms with Gasteiger partial charge in [-0.3, -0.25) is 14.0 Å². The molecule has 0 aliphatic carbocycles. The molecular formula is C23H24FN5O2S. The standard InChI is InChI=1S/C23H24FN5O2S/c1-5-13(2)25-20(30)11-18-12-32-23-26-15(4)21(22(31)28(18)23)19-10-14(3)29(27-19)17-8-6-16(24)7-9-17/h6-10,12-13H,5,11H2,1-4H3,(H,25,30)/t13-/m1/s1. The van der Waals surface area contributed by atoms with Gasteiger partial charge < -0.3 is 5.32 Å². The van der Waals surface area contributed by atoms with Crippen molar-refractivity contribution >= 4 is 22.2 Å². The number of carbonyl (C=O) groups is 1. The van der Waals surface area contributed by atoms with E-state index < -0.39 is 0 Å². The molecule has 4 rings (SSSR count). The number of benzene rings is 1. The first kappa shape index (κ1) is 21.9. The number of aromatic nitrogens is 4. The number of aryl methyl sites for hydroxylation is 2. The SMILES string of the molecule is CC[C@@H](C)NC(=O)Cc1csc2nc(C)c(-c3cc(C)n(-c4ccc(F)cc4)n3)c(=O)n12. The van der Waals surface area contributed by atoms with Gasteiger partial charge >= 0.3 is 0 Å². The predicted octanol–water partition coefficient (Wildman–Crippen LogP) is 3.82. The van der Waals surface area contributed by atoms with Crippen molar-refractivity contribution < 1.29 is 9.18 Å². The van der Waals surface area contributed by atoms with E-state index >= 15 is 0 Å². The van der Waals surface area contributed by atoms with Crippen LogP contribution in [0.5, 0.6) is 0 Å². The molecule has 1 atom stereocenters. The summed E-state index contributed by atoms with van der Waals surface area (Å²) in [6.07, 6.45) is 0.925. The van der Waals surface area contributed by atoms with Crippen molar-refractivity contribution in [2.24, 2.45) is 0 Å². The van der Waals surface area contributed by atoms with Gasteiger partial charge in [0.15, 0.2) is 4.96 Å². The minimum atomic E-state index is -0.329. The Hall–Kier alpha value is -3.33. The van der Waals surface area contributed by atoms with E-state index in [2.05, 4.69) is 15.4 Å². The van der Waals surface area contributed by atoms with Crippen LogP contribution in [0.4, 0.5) is 4.39 Å². The van der Waals surface area contributed by atoms with E-state index in [0.717, 1.165) is 12.1 Å². The van der Waals surface area contributed by atoms with E-state index in [-0.39, 0.29) is 29.7 Å². The van der Waals surface area contributed by atoms with Crippen LogP contribution >= 0.6 is 11.3 Å². The zero-order valence-electron chi connectivity index (χ0n) is 18.3. The molecule has 9 heteroatoms. The molecule has 3 aromatic heterocycles. The molecule has 0 fully saturated rings. The molecule has 7 nitrogen and oxygen atoms in total. The van der Waals surface area contributed by atoms with E-state index in [1.807, 2.05) is 26.8 Å². The first-order valence-corrected chi connectivity index (χ1v) is 11.3. The van der Waals surface area contributed by atoms with Crippen molar-refractivity contribution in [3.63, 3.8) is 0 Å². The Bertz CT molecular complexity index is 1350. The molecule has 0 saturated carbocycles. The molecule has 4 aromatic rings. The van der Waals surface area contributed by atoms with Crippen LogP contribution in [0.25, 0.3) is 21.9 Å². The van der Waals surface area contributed by atoms with Gasteiger partial charge in [0.05, 0.1) is 23.4 Å². The summed E-state index contributed by atoms with van der Waals surface area (Å²) in [5, 5.41) is 9.33.